The van der Waals surface area contributed by atoms with Crippen LogP contribution in [-0.2, 0) is 6.54 Å². The highest BCUT2D eigenvalue weighted by Gasteiger charge is 2.29. The van der Waals surface area contributed by atoms with Crippen molar-refractivity contribution in [2.45, 2.75) is 26.3 Å². The second-order valence-corrected chi connectivity index (χ2v) is 9.53. The number of aromatic nitrogens is 2. The number of benzene rings is 2. The molecule has 2 aromatic heterocycles. The Morgan fingerprint density at radius 3 is 2.45 bits per heavy atom. The number of amides is 1. The summed E-state index contributed by atoms with van der Waals surface area (Å²) in [4.78, 5) is 29.4. The molecule has 1 fully saturated rings. The van der Waals surface area contributed by atoms with Crippen molar-refractivity contribution in [3.05, 3.63) is 88.2 Å². The topological polar surface area (TPSA) is 55.2 Å². The maximum atomic E-state index is 13.2. The predicted octanol–water partition coefficient (Wildman–Crippen LogP) is 5.33. The lowest BCUT2D eigenvalue weighted by atomic mass is 9.89. The number of piperidine rings is 1. The number of rotatable bonds is 5. The molecule has 33 heavy (non-hydrogen) atoms. The molecule has 1 saturated heterocycles. The lowest BCUT2D eigenvalue weighted by Crippen LogP contribution is -2.40. The molecule has 5 rings (SSSR count). The summed E-state index contributed by atoms with van der Waals surface area (Å²) in [5.74, 6) is -0.125. The molecule has 1 aliphatic heterocycles. The number of hydrogen-bond acceptors (Lipinski definition) is 4. The van der Waals surface area contributed by atoms with Gasteiger partial charge in [0.25, 0.3) is 5.91 Å². The van der Waals surface area contributed by atoms with Crippen molar-refractivity contribution in [1.82, 2.24) is 14.7 Å². The second kappa shape index (κ2) is 8.90. The maximum Gasteiger partial charge on any atom is 0.264 e. The fraction of sp³-hybridized carbons (Fsp3) is 0.269. The van der Waals surface area contributed by atoms with Gasteiger partial charge in [-0.25, -0.2) is 4.39 Å². The van der Waals surface area contributed by atoms with Gasteiger partial charge >= 0.3 is 0 Å². The number of aryl methyl sites for hydroxylation is 1. The molecule has 4 aromatic rings. The summed E-state index contributed by atoms with van der Waals surface area (Å²) in [5.41, 5.74) is 2.56. The van der Waals surface area contributed by atoms with Gasteiger partial charge in [0.2, 0.25) is 0 Å². The van der Waals surface area contributed by atoms with E-state index >= 15 is 0 Å². The van der Waals surface area contributed by atoms with Crippen molar-refractivity contribution in [1.29, 1.82) is 0 Å². The minimum atomic E-state index is -0.265. The quantitative estimate of drug-likeness (QED) is 0.378. The molecular formula is C26H24FN3O2S. The largest absolute Gasteiger partial charge is 0.338 e. The third-order valence-corrected chi connectivity index (χ3v) is 7.41. The van der Waals surface area contributed by atoms with Gasteiger partial charge in [0.15, 0.2) is 5.78 Å². The summed E-state index contributed by atoms with van der Waals surface area (Å²) in [5, 5.41) is 5.58. The van der Waals surface area contributed by atoms with Gasteiger partial charge in [-0.05, 0) is 43.5 Å². The number of halogens is 1. The van der Waals surface area contributed by atoms with Gasteiger partial charge in [0.05, 0.1) is 17.1 Å². The van der Waals surface area contributed by atoms with Crippen LogP contribution in [-0.4, -0.2) is 39.5 Å². The lowest BCUT2D eigenvalue weighted by Gasteiger charge is -2.31. The molecule has 1 aliphatic rings. The normalized spacial score (nSPS) is 14.7. The van der Waals surface area contributed by atoms with E-state index in [4.69, 9.17) is 0 Å². The van der Waals surface area contributed by atoms with Crippen LogP contribution in [0, 0.1) is 18.7 Å². The SMILES string of the molecule is Cc1nn(Cc2ccc(F)cc2)c2sc(C(=O)N3CCC(C(=O)c4ccccc4)CC3)cc12. The lowest BCUT2D eigenvalue weighted by molar-refractivity contribution is 0.0654. The molecule has 0 saturated carbocycles. The number of likely N-dealkylation sites (tertiary alicyclic amines) is 1. The third-order valence-electron chi connectivity index (χ3n) is 6.28. The molecule has 0 unspecified atom stereocenters. The highest BCUT2D eigenvalue weighted by Crippen LogP contribution is 2.31. The van der Waals surface area contributed by atoms with Crippen LogP contribution in [0.3, 0.4) is 0 Å². The van der Waals surface area contributed by atoms with E-state index in [-0.39, 0.29) is 23.4 Å². The minimum Gasteiger partial charge on any atom is -0.338 e. The molecule has 0 N–H and O–H groups in total. The summed E-state index contributed by atoms with van der Waals surface area (Å²) in [7, 11) is 0. The highest BCUT2D eigenvalue weighted by atomic mass is 32.1. The Morgan fingerprint density at radius 2 is 1.76 bits per heavy atom. The molecule has 3 heterocycles. The Bertz CT molecular complexity index is 1300. The first-order chi connectivity index (χ1) is 16.0. The Morgan fingerprint density at radius 1 is 1.06 bits per heavy atom. The number of Topliss-reactive ketones (excluding diaryl/α,β-unsaturated/α-hetero) is 1. The van der Waals surface area contributed by atoms with Crippen LogP contribution in [0.5, 0.6) is 0 Å². The van der Waals surface area contributed by atoms with E-state index in [9.17, 15) is 14.0 Å². The first kappa shape index (κ1) is 21.5. The Balaban J connectivity index is 1.29. The zero-order valence-electron chi connectivity index (χ0n) is 18.3. The molecule has 7 heteroatoms. The molecule has 2 aromatic carbocycles. The first-order valence-corrected chi connectivity index (χ1v) is 11.9. The van der Waals surface area contributed by atoms with Crippen molar-refractivity contribution < 1.29 is 14.0 Å². The van der Waals surface area contributed by atoms with Gasteiger partial charge in [0, 0.05) is 30.0 Å². The number of thiophene rings is 1. The predicted molar refractivity (Wildman–Crippen MR) is 127 cm³/mol. The van der Waals surface area contributed by atoms with E-state index in [0.717, 1.165) is 27.0 Å². The molecular weight excluding hydrogens is 437 g/mol. The van der Waals surface area contributed by atoms with Crippen LogP contribution in [0.4, 0.5) is 4.39 Å². The van der Waals surface area contributed by atoms with Crippen molar-refractivity contribution in [3.8, 4) is 0 Å². The number of hydrogen-bond donors (Lipinski definition) is 0. The fourth-order valence-electron chi connectivity index (χ4n) is 4.43. The molecule has 5 nitrogen and oxygen atoms in total. The molecule has 0 spiro atoms. The number of nitrogens with zero attached hydrogens (tertiary/aromatic N) is 3. The molecule has 0 atom stereocenters. The van der Waals surface area contributed by atoms with E-state index in [1.165, 1.54) is 23.5 Å². The zero-order valence-corrected chi connectivity index (χ0v) is 19.1. The minimum absolute atomic E-state index is 0.00884. The summed E-state index contributed by atoms with van der Waals surface area (Å²) in [6.45, 7) is 3.62. The van der Waals surface area contributed by atoms with Crippen molar-refractivity contribution in [2.75, 3.05) is 13.1 Å². The summed E-state index contributed by atoms with van der Waals surface area (Å²) in [6.07, 6.45) is 1.36. The van der Waals surface area contributed by atoms with Gasteiger partial charge in [-0.2, -0.15) is 5.10 Å². The zero-order chi connectivity index (χ0) is 22.9. The molecule has 168 valence electrons. The van der Waals surface area contributed by atoms with Crippen LogP contribution in [0.1, 0.15) is 44.1 Å². The summed E-state index contributed by atoms with van der Waals surface area (Å²) < 4.78 is 15.1. The van der Waals surface area contributed by atoms with Gasteiger partial charge in [-0.3, -0.25) is 14.3 Å². The Kier molecular flexibility index (Phi) is 5.81. The van der Waals surface area contributed by atoms with Gasteiger partial charge in [-0.15, -0.1) is 11.3 Å². The van der Waals surface area contributed by atoms with Crippen LogP contribution in [0.2, 0.25) is 0 Å². The van der Waals surface area contributed by atoms with Gasteiger partial charge in [0.1, 0.15) is 10.6 Å². The smallest absolute Gasteiger partial charge is 0.264 e. The van der Waals surface area contributed by atoms with Crippen LogP contribution < -0.4 is 0 Å². The summed E-state index contributed by atoms with van der Waals surface area (Å²) in [6, 6.07) is 17.7. The summed E-state index contributed by atoms with van der Waals surface area (Å²) >= 11 is 1.44. The van der Waals surface area contributed by atoms with Gasteiger partial charge in [-0.1, -0.05) is 42.5 Å². The van der Waals surface area contributed by atoms with E-state index in [1.807, 2.05) is 52.9 Å². The van der Waals surface area contributed by atoms with E-state index in [1.54, 1.807) is 12.1 Å². The van der Waals surface area contributed by atoms with Crippen molar-refractivity contribution in [3.63, 3.8) is 0 Å². The van der Waals surface area contributed by atoms with Gasteiger partial charge < -0.3 is 4.90 Å². The second-order valence-electron chi connectivity index (χ2n) is 8.50. The Hall–Kier alpha value is -3.32. The van der Waals surface area contributed by atoms with E-state index in [2.05, 4.69) is 5.10 Å². The number of carbonyl (C=O) groups excluding carboxylic acids is 2. The van der Waals surface area contributed by atoms with Crippen molar-refractivity contribution >= 4 is 33.2 Å². The maximum absolute atomic E-state index is 13.2. The fourth-order valence-corrected chi connectivity index (χ4v) is 5.56. The average molecular weight is 462 g/mol. The van der Waals surface area contributed by atoms with Crippen molar-refractivity contribution in [2.24, 2.45) is 5.92 Å². The highest BCUT2D eigenvalue weighted by molar-refractivity contribution is 7.20. The number of carbonyl (C=O) groups is 2. The number of fused-ring (bicyclic) bond motifs is 1. The standard InChI is InChI=1S/C26H24FN3O2S/c1-17-22-15-23(33-26(22)30(28-17)16-18-7-9-21(27)10-8-18)25(32)29-13-11-20(12-14-29)24(31)19-5-3-2-4-6-19/h2-10,15,20H,11-14,16H2,1H3. The average Bonchev–Trinajstić information content (AvgIpc) is 3.41. The van der Waals surface area contributed by atoms with Crippen LogP contribution in [0.25, 0.3) is 10.2 Å². The van der Waals surface area contributed by atoms with Crippen LogP contribution >= 0.6 is 11.3 Å². The Labute approximate surface area is 195 Å². The van der Waals surface area contributed by atoms with E-state index in [0.29, 0.717) is 37.4 Å². The van der Waals surface area contributed by atoms with E-state index < -0.39 is 0 Å². The van der Waals surface area contributed by atoms with Crippen LogP contribution in [0.15, 0.2) is 60.7 Å². The molecule has 0 bridgehead atoms. The first-order valence-electron chi connectivity index (χ1n) is 11.1. The molecule has 0 radical (unpaired) electrons. The molecule has 0 aliphatic carbocycles. The number of ketones is 1. The third kappa shape index (κ3) is 4.33. The molecule has 1 amide bonds. The monoisotopic (exact) mass is 461 g/mol.